The van der Waals surface area contributed by atoms with Crippen molar-refractivity contribution in [3.63, 3.8) is 0 Å². The lowest BCUT2D eigenvalue weighted by molar-refractivity contribution is 0.102. The molecule has 0 spiro atoms. The van der Waals surface area contributed by atoms with Crippen LogP contribution in [0.4, 0.5) is 11.8 Å². The summed E-state index contributed by atoms with van der Waals surface area (Å²) in [5.41, 5.74) is 1.55. The minimum atomic E-state index is -0.179. The second-order valence-corrected chi connectivity index (χ2v) is 6.03. The first-order chi connectivity index (χ1) is 12.8. The van der Waals surface area contributed by atoms with E-state index in [1.807, 2.05) is 53.1 Å². The number of ether oxygens (including phenoxy) is 1. The Bertz CT molecular complexity index is 871. The average Bonchev–Trinajstić information content (AvgIpc) is 3.13. The lowest BCUT2D eigenvalue weighted by atomic mass is 10.2. The molecule has 1 fully saturated rings. The summed E-state index contributed by atoms with van der Waals surface area (Å²) < 4.78 is 7.43. The predicted octanol–water partition coefficient (Wildman–Crippen LogP) is 2.96. The number of nitrogens with zero attached hydrogens (tertiary/aromatic N) is 3. The number of aromatic nitrogens is 2. The molecular weight excluding hydrogens is 328 g/mol. The highest BCUT2D eigenvalue weighted by molar-refractivity contribution is 6.03. The zero-order valence-electron chi connectivity index (χ0n) is 14.3. The van der Waals surface area contributed by atoms with Gasteiger partial charge in [0.25, 0.3) is 5.91 Å². The van der Waals surface area contributed by atoms with Crippen LogP contribution >= 0.6 is 0 Å². The molecule has 1 aromatic heterocycles. The Morgan fingerprint density at radius 2 is 1.62 bits per heavy atom. The Morgan fingerprint density at radius 1 is 0.962 bits per heavy atom. The minimum absolute atomic E-state index is 0.179. The molecule has 6 heteroatoms. The topological polar surface area (TPSA) is 59.4 Å². The Hall–Kier alpha value is -3.12. The van der Waals surface area contributed by atoms with E-state index >= 15 is 0 Å². The molecule has 1 saturated heterocycles. The largest absolute Gasteiger partial charge is 0.378 e. The Kier molecular flexibility index (Phi) is 4.66. The van der Waals surface area contributed by atoms with Crippen molar-refractivity contribution in [1.82, 2.24) is 9.55 Å². The van der Waals surface area contributed by atoms with Gasteiger partial charge in [-0.15, -0.1) is 0 Å². The maximum absolute atomic E-state index is 12.6. The van der Waals surface area contributed by atoms with Crippen molar-refractivity contribution >= 4 is 17.7 Å². The molecule has 0 atom stereocenters. The first kappa shape index (κ1) is 16.4. The number of hydrogen-bond donors (Lipinski definition) is 1. The number of para-hydroxylation sites is 1. The van der Waals surface area contributed by atoms with Crippen molar-refractivity contribution in [2.24, 2.45) is 0 Å². The summed E-state index contributed by atoms with van der Waals surface area (Å²) in [5, 5.41) is 2.94. The van der Waals surface area contributed by atoms with E-state index in [-0.39, 0.29) is 5.91 Å². The van der Waals surface area contributed by atoms with Crippen molar-refractivity contribution in [1.29, 1.82) is 0 Å². The first-order valence-electron chi connectivity index (χ1n) is 8.65. The van der Waals surface area contributed by atoms with Crippen LogP contribution in [0.5, 0.6) is 0 Å². The Balaban J connectivity index is 1.70. The number of anilines is 2. The summed E-state index contributed by atoms with van der Waals surface area (Å²) in [6, 6.07) is 19.1. The molecule has 1 amide bonds. The second kappa shape index (κ2) is 7.41. The third-order valence-electron chi connectivity index (χ3n) is 4.35. The van der Waals surface area contributed by atoms with E-state index in [4.69, 9.17) is 4.74 Å². The van der Waals surface area contributed by atoms with Crippen molar-refractivity contribution in [3.05, 3.63) is 72.4 Å². The number of imidazole rings is 1. The maximum atomic E-state index is 12.6. The molecule has 1 N–H and O–H groups in total. The molecule has 4 rings (SSSR count). The van der Waals surface area contributed by atoms with Crippen LogP contribution in [0.3, 0.4) is 0 Å². The third kappa shape index (κ3) is 3.32. The lowest BCUT2D eigenvalue weighted by Crippen LogP contribution is -2.37. The third-order valence-corrected chi connectivity index (χ3v) is 4.35. The van der Waals surface area contributed by atoms with Crippen molar-refractivity contribution in [2.45, 2.75) is 0 Å². The summed E-state index contributed by atoms with van der Waals surface area (Å²) in [5.74, 6) is 1.27. The number of benzene rings is 2. The van der Waals surface area contributed by atoms with Gasteiger partial charge in [0.05, 0.1) is 25.1 Å². The smallest absolute Gasteiger partial charge is 0.257 e. The van der Waals surface area contributed by atoms with E-state index in [2.05, 4.69) is 15.2 Å². The van der Waals surface area contributed by atoms with Gasteiger partial charge in [-0.05, 0) is 24.3 Å². The van der Waals surface area contributed by atoms with Gasteiger partial charge in [0.1, 0.15) is 5.82 Å². The number of rotatable bonds is 4. The van der Waals surface area contributed by atoms with Crippen molar-refractivity contribution < 1.29 is 9.53 Å². The van der Waals surface area contributed by atoms with Crippen LogP contribution in [0.1, 0.15) is 10.4 Å². The molecule has 3 aromatic rings. The minimum Gasteiger partial charge on any atom is -0.378 e. The van der Waals surface area contributed by atoms with Crippen LogP contribution in [-0.2, 0) is 4.74 Å². The molecule has 1 aliphatic rings. The van der Waals surface area contributed by atoms with Crippen LogP contribution in [0.25, 0.3) is 5.69 Å². The fraction of sp³-hybridized carbons (Fsp3) is 0.200. The number of morpholine rings is 1. The van der Waals surface area contributed by atoms with Gasteiger partial charge in [-0.25, -0.2) is 4.98 Å². The monoisotopic (exact) mass is 348 g/mol. The molecular formula is C20H20N4O2. The number of nitrogens with one attached hydrogen (secondary N) is 1. The molecule has 132 valence electrons. The average molecular weight is 348 g/mol. The number of hydrogen-bond acceptors (Lipinski definition) is 4. The van der Waals surface area contributed by atoms with Gasteiger partial charge >= 0.3 is 0 Å². The summed E-state index contributed by atoms with van der Waals surface area (Å²) in [6.45, 7) is 2.96. The van der Waals surface area contributed by atoms with Gasteiger partial charge in [0.2, 0.25) is 5.95 Å². The molecule has 0 bridgehead atoms. The van der Waals surface area contributed by atoms with Crippen molar-refractivity contribution in [3.8, 4) is 5.69 Å². The highest BCUT2D eigenvalue weighted by atomic mass is 16.5. The molecule has 6 nitrogen and oxygen atoms in total. The molecule has 0 unspecified atom stereocenters. The molecule has 1 aliphatic heterocycles. The van der Waals surface area contributed by atoms with Gasteiger partial charge in [-0.3, -0.25) is 14.7 Å². The number of carbonyl (C=O) groups excluding carboxylic acids is 1. The van der Waals surface area contributed by atoms with Crippen LogP contribution in [0.15, 0.2) is 66.9 Å². The standard InChI is InChI=1S/C20H20N4O2/c25-19(16-7-3-1-4-8-16)22-20-21-15-18(23-11-13-26-14-12-23)24(20)17-9-5-2-6-10-17/h1-10,15H,11-14H2,(H,21,22,25). The van der Waals surface area contributed by atoms with E-state index in [1.165, 1.54) is 0 Å². The number of carbonyl (C=O) groups is 1. The van der Waals surface area contributed by atoms with E-state index in [0.717, 1.165) is 24.6 Å². The van der Waals surface area contributed by atoms with Gasteiger partial charge in [0, 0.05) is 18.7 Å². The zero-order chi connectivity index (χ0) is 17.8. The summed E-state index contributed by atoms with van der Waals surface area (Å²) >= 11 is 0. The van der Waals surface area contributed by atoms with Crippen LogP contribution < -0.4 is 10.2 Å². The predicted molar refractivity (Wildman–Crippen MR) is 101 cm³/mol. The van der Waals surface area contributed by atoms with E-state index in [0.29, 0.717) is 24.7 Å². The molecule has 0 saturated carbocycles. The Morgan fingerprint density at radius 3 is 2.31 bits per heavy atom. The van der Waals surface area contributed by atoms with Crippen LogP contribution in [-0.4, -0.2) is 41.8 Å². The highest BCUT2D eigenvalue weighted by Crippen LogP contribution is 2.26. The van der Waals surface area contributed by atoms with Gasteiger partial charge < -0.3 is 9.64 Å². The normalized spacial score (nSPS) is 14.2. The fourth-order valence-corrected chi connectivity index (χ4v) is 3.04. The van der Waals surface area contributed by atoms with Gasteiger partial charge in [0.15, 0.2) is 0 Å². The quantitative estimate of drug-likeness (QED) is 0.787. The zero-order valence-corrected chi connectivity index (χ0v) is 14.3. The number of amides is 1. The maximum Gasteiger partial charge on any atom is 0.257 e. The Labute approximate surface area is 152 Å². The van der Waals surface area contributed by atoms with E-state index in [9.17, 15) is 4.79 Å². The molecule has 2 aromatic carbocycles. The highest BCUT2D eigenvalue weighted by Gasteiger charge is 2.20. The molecule has 26 heavy (non-hydrogen) atoms. The fourth-order valence-electron chi connectivity index (χ4n) is 3.04. The van der Waals surface area contributed by atoms with E-state index < -0.39 is 0 Å². The van der Waals surface area contributed by atoms with Crippen LogP contribution in [0.2, 0.25) is 0 Å². The van der Waals surface area contributed by atoms with E-state index in [1.54, 1.807) is 18.3 Å². The second-order valence-electron chi connectivity index (χ2n) is 6.03. The van der Waals surface area contributed by atoms with Gasteiger partial charge in [-0.1, -0.05) is 36.4 Å². The van der Waals surface area contributed by atoms with Crippen LogP contribution in [0, 0.1) is 0 Å². The first-order valence-corrected chi connectivity index (χ1v) is 8.65. The molecule has 0 aliphatic carbocycles. The summed E-state index contributed by atoms with van der Waals surface area (Å²) in [7, 11) is 0. The van der Waals surface area contributed by atoms with Gasteiger partial charge in [-0.2, -0.15) is 0 Å². The SMILES string of the molecule is O=C(Nc1ncc(N2CCOCC2)n1-c1ccccc1)c1ccccc1. The molecule has 2 heterocycles. The molecule has 0 radical (unpaired) electrons. The summed E-state index contributed by atoms with van der Waals surface area (Å²) in [4.78, 5) is 19.3. The summed E-state index contributed by atoms with van der Waals surface area (Å²) in [6.07, 6.45) is 1.80. The lowest BCUT2D eigenvalue weighted by Gasteiger charge is -2.29. The van der Waals surface area contributed by atoms with Crippen molar-refractivity contribution in [2.75, 3.05) is 36.5 Å².